The van der Waals surface area contributed by atoms with E-state index in [-0.39, 0.29) is 50.0 Å². The molecule has 0 unspecified atom stereocenters. The summed E-state index contributed by atoms with van der Waals surface area (Å²) < 4.78 is 27.2. The predicted octanol–water partition coefficient (Wildman–Crippen LogP) is 2.48. The van der Waals surface area contributed by atoms with Gasteiger partial charge < -0.3 is 6.53 Å². The van der Waals surface area contributed by atoms with Crippen LogP contribution in [0, 0.1) is 0 Å². The minimum atomic E-state index is -3.51. The van der Waals surface area contributed by atoms with Crippen molar-refractivity contribution in [3.63, 3.8) is 0 Å². The number of allylic oxidation sites excluding steroid dienone is 2. The summed E-state index contributed by atoms with van der Waals surface area (Å²) in [5.74, 6) is -0.306. The van der Waals surface area contributed by atoms with Crippen LogP contribution in [0.2, 0.25) is 0 Å². The van der Waals surface area contributed by atoms with Crippen LogP contribution < -0.4 is 29.6 Å². The third-order valence-corrected chi connectivity index (χ3v) is 5.47. The molecule has 0 saturated carbocycles. The third kappa shape index (κ3) is 22.7. The molecular formula is C20H41NaO4S. The van der Waals surface area contributed by atoms with Gasteiger partial charge in [-0.2, -0.15) is 8.42 Å². The molecule has 0 aliphatic rings. The minimum absolute atomic E-state index is 0. The molecule has 0 fully saturated rings. The van der Waals surface area contributed by atoms with Gasteiger partial charge in [0.1, 0.15) is 0 Å². The molecule has 152 valence electrons. The van der Waals surface area contributed by atoms with Crippen LogP contribution >= 0.6 is 0 Å². The number of hydrogen-bond donors (Lipinski definition) is 1. The average molecular weight is 401 g/mol. The van der Waals surface area contributed by atoms with Crippen molar-refractivity contribution < 1.29 is 48.7 Å². The molecule has 0 aromatic rings. The van der Waals surface area contributed by atoms with Crippen molar-refractivity contribution in [2.24, 2.45) is 0 Å². The summed E-state index contributed by atoms with van der Waals surface area (Å²) in [4.78, 5) is 0. The van der Waals surface area contributed by atoms with E-state index in [0.29, 0.717) is 0 Å². The predicted molar refractivity (Wildman–Crippen MR) is 107 cm³/mol. The van der Waals surface area contributed by atoms with Gasteiger partial charge in [-0.05, 0) is 32.1 Å². The molecule has 0 spiro atoms. The van der Waals surface area contributed by atoms with Gasteiger partial charge in [0, 0.05) is 0 Å². The molecule has 0 rings (SSSR count). The Labute approximate surface area is 186 Å². The van der Waals surface area contributed by atoms with Gasteiger partial charge in [0.2, 0.25) is 0 Å². The van der Waals surface area contributed by atoms with Crippen LogP contribution in [0.1, 0.15) is 98.2 Å². The maximum Gasteiger partial charge on any atom is 1.00 e. The number of aliphatic hydroxyl groups is 1. The smallest absolute Gasteiger partial charge is 1.00 e. The first kappa shape index (κ1) is 28.8. The molecule has 26 heavy (non-hydrogen) atoms. The fourth-order valence-electron chi connectivity index (χ4n) is 2.71. The van der Waals surface area contributed by atoms with Crippen molar-refractivity contribution >= 4 is 10.1 Å². The number of hydrogen-bond acceptors (Lipinski definition) is 4. The van der Waals surface area contributed by atoms with Crippen LogP contribution in [0.3, 0.4) is 0 Å². The third-order valence-electron chi connectivity index (χ3n) is 4.26. The summed E-state index contributed by atoms with van der Waals surface area (Å²) in [6, 6.07) is 0. The zero-order valence-corrected chi connectivity index (χ0v) is 20.1. The van der Waals surface area contributed by atoms with Gasteiger partial charge in [-0.3, -0.25) is 4.18 Å². The van der Waals surface area contributed by atoms with E-state index >= 15 is 0 Å². The van der Waals surface area contributed by atoms with Crippen LogP contribution in [0.5, 0.6) is 0 Å². The average Bonchev–Trinajstić information content (AvgIpc) is 2.57. The second-order valence-electron chi connectivity index (χ2n) is 6.75. The Bertz CT molecular complexity index is 403. The second-order valence-corrected chi connectivity index (χ2v) is 8.50. The Hall–Kier alpha value is 0.610. The van der Waals surface area contributed by atoms with Gasteiger partial charge in [0.05, 0.1) is 19.0 Å². The van der Waals surface area contributed by atoms with Gasteiger partial charge in [0.25, 0.3) is 10.1 Å². The second kappa shape index (κ2) is 21.9. The molecule has 0 amide bonds. The molecule has 0 aromatic heterocycles. The Morgan fingerprint density at radius 1 is 0.808 bits per heavy atom. The fourth-order valence-corrected chi connectivity index (χ4v) is 3.42. The van der Waals surface area contributed by atoms with Crippen molar-refractivity contribution in [2.45, 2.75) is 96.8 Å². The minimum Gasteiger partial charge on any atom is -1.00 e. The van der Waals surface area contributed by atoms with Crippen molar-refractivity contribution in [3.05, 3.63) is 12.2 Å². The number of rotatable bonds is 19. The van der Waals surface area contributed by atoms with Gasteiger partial charge in [-0.15, -0.1) is 0 Å². The molecule has 0 atom stereocenters. The summed E-state index contributed by atoms with van der Waals surface area (Å²) in [5.41, 5.74) is 0. The van der Waals surface area contributed by atoms with Gasteiger partial charge in [0.15, 0.2) is 0 Å². The molecule has 0 heterocycles. The first-order chi connectivity index (χ1) is 12.1. The molecule has 0 aliphatic heterocycles. The summed E-state index contributed by atoms with van der Waals surface area (Å²) in [5, 5.41) is 8.58. The molecule has 6 heteroatoms. The van der Waals surface area contributed by atoms with E-state index in [1.54, 1.807) is 0 Å². The van der Waals surface area contributed by atoms with Crippen LogP contribution in [0.25, 0.3) is 0 Å². The van der Waals surface area contributed by atoms with Gasteiger partial charge >= 0.3 is 29.6 Å². The van der Waals surface area contributed by atoms with Crippen molar-refractivity contribution in [3.8, 4) is 0 Å². The molecule has 4 nitrogen and oxygen atoms in total. The fraction of sp³-hybridized carbons (Fsp3) is 0.900. The number of aliphatic hydroxyl groups excluding tert-OH is 1. The normalized spacial score (nSPS) is 11.8. The van der Waals surface area contributed by atoms with Gasteiger partial charge in [-0.25, -0.2) is 0 Å². The molecule has 0 aromatic carbocycles. The van der Waals surface area contributed by atoms with E-state index in [1.807, 2.05) is 0 Å². The van der Waals surface area contributed by atoms with Crippen LogP contribution in [-0.2, 0) is 14.3 Å². The van der Waals surface area contributed by atoms with E-state index in [1.165, 1.54) is 70.6 Å². The maximum atomic E-state index is 11.2. The molecule has 0 bridgehead atoms. The molecular weight excluding hydrogens is 359 g/mol. The standard InChI is InChI=1S/C20H40O4S.Na.H/c1-2-3-4-5-6-7-8-9-10-11-12-13-14-15-16-17-19-24-25(22,23)20-18-21;;/h9-10,21H,2-8,11-20H2,1H3;;/q;+1;-1/b10-9-;;. The first-order valence-corrected chi connectivity index (χ1v) is 11.8. The topological polar surface area (TPSA) is 63.6 Å². The van der Waals surface area contributed by atoms with Gasteiger partial charge in [-0.1, -0.05) is 76.9 Å². The molecule has 0 saturated heterocycles. The van der Waals surface area contributed by atoms with E-state index in [2.05, 4.69) is 19.1 Å². The van der Waals surface area contributed by atoms with Crippen molar-refractivity contribution in [2.75, 3.05) is 19.0 Å². The molecule has 0 radical (unpaired) electrons. The van der Waals surface area contributed by atoms with E-state index in [0.717, 1.165) is 19.3 Å². The van der Waals surface area contributed by atoms with Crippen molar-refractivity contribution in [1.29, 1.82) is 0 Å². The van der Waals surface area contributed by atoms with E-state index < -0.39 is 10.1 Å². The monoisotopic (exact) mass is 400 g/mol. The first-order valence-electron chi connectivity index (χ1n) is 10.3. The summed E-state index contributed by atoms with van der Waals surface area (Å²) >= 11 is 0. The number of unbranched alkanes of at least 4 members (excludes halogenated alkanes) is 12. The zero-order valence-electron chi connectivity index (χ0n) is 18.3. The van der Waals surface area contributed by atoms with Crippen molar-refractivity contribution in [1.82, 2.24) is 0 Å². The SMILES string of the molecule is CCCCCCCC/C=C\CCCCCCCCOS(=O)(=O)CCO.[H-].[Na+]. The van der Waals surface area contributed by atoms with Crippen LogP contribution in [0.4, 0.5) is 0 Å². The largest absolute Gasteiger partial charge is 1.00 e. The molecule has 0 aliphatic carbocycles. The molecule has 1 N–H and O–H groups in total. The maximum absolute atomic E-state index is 11.2. The Morgan fingerprint density at radius 2 is 1.27 bits per heavy atom. The van der Waals surface area contributed by atoms with E-state index in [9.17, 15) is 8.42 Å². The zero-order chi connectivity index (χ0) is 18.6. The summed E-state index contributed by atoms with van der Waals surface area (Å²) in [7, 11) is -3.51. The summed E-state index contributed by atoms with van der Waals surface area (Å²) in [6.45, 7) is 2.12. The quantitative estimate of drug-likeness (QED) is 0.157. The van der Waals surface area contributed by atoms with Crippen LogP contribution in [-0.4, -0.2) is 32.5 Å². The Morgan fingerprint density at radius 3 is 1.77 bits per heavy atom. The van der Waals surface area contributed by atoms with Crippen LogP contribution in [0.15, 0.2) is 12.2 Å². The van der Waals surface area contributed by atoms with E-state index in [4.69, 9.17) is 9.29 Å². The Kier molecular flexibility index (Phi) is 24.3. The Balaban J connectivity index is -0.00000288. The summed E-state index contributed by atoms with van der Waals surface area (Å²) in [6.07, 6.45) is 21.8.